The van der Waals surface area contributed by atoms with E-state index in [0.29, 0.717) is 24.6 Å². The summed E-state index contributed by atoms with van der Waals surface area (Å²) in [5, 5.41) is 4.00. The fraction of sp³-hybridized carbons (Fsp3) is 0.412. The van der Waals surface area contributed by atoms with Crippen LogP contribution in [0.2, 0.25) is 0 Å². The molecule has 5 nitrogen and oxygen atoms in total. The zero-order valence-corrected chi connectivity index (χ0v) is 12.3. The molecule has 5 heteroatoms. The smallest absolute Gasteiger partial charge is 0.259 e. The summed E-state index contributed by atoms with van der Waals surface area (Å²) in [4.78, 5) is 14.5. The summed E-state index contributed by atoms with van der Waals surface area (Å²) in [6.07, 6.45) is 4.60. The van der Waals surface area contributed by atoms with Gasteiger partial charge in [-0.25, -0.2) is 0 Å². The first-order valence-electron chi connectivity index (χ1n) is 7.76. The van der Waals surface area contributed by atoms with Crippen LogP contribution in [0, 0.1) is 0 Å². The fourth-order valence-electron chi connectivity index (χ4n) is 2.93. The van der Waals surface area contributed by atoms with Crippen molar-refractivity contribution in [3.8, 4) is 5.75 Å². The van der Waals surface area contributed by atoms with Crippen molar-refractivity contribution in [1.29, 1.82) is 0 Å². The first-order valence-corrected chi connectivity index (χ1v) is 7.76. The molecule has 4 rings (SSSR count). The highest BCUT2D eigenvalue weighted by molar-refractivity contribution is 5.95. The Hall–Kier alpha value is -2.30. The maximum atomic E-state index is 12.6. The molecule has 1 aliphatic carbocycles. The number of benzene rings is 1. The molecule has 1 aliphatic heterocycles. The summed E-state index contributed by atoms with van der Waals surface area (Å²) < 4.78 is 11.0. The number of hydrogen-bond acceptors (Lipinski definition) is 4. The maximum Gasteiger partial charge on any atom is 0.259 e. The van der Waals surface area contributed by atoms with Crippen LogP contribution in [0.1, 0.15) is 41.2 Å². The van der Waals surface area contributed by atoms with Crippen molar-refractivity contribution in [2.75, 3.05) is 13.1 Å². The van der Waals surface area contributed by atoms with E-state index in [-0.39, 0.29) is 12.0 Å². The number of amides is 1. The highest BCUT2D eigenvalue weighted by atomic mass is 16.5. The third-order valence-corrected chi connectivity index (χ3v) is 4.27. The van der Waals surface area contributed by atoms with Crippen LogP contribution in [-0.2, 0) is 0 Å². The maximum absolute atomic E-state index is 12.6. The van der Waals surface area contributed by atoms with Gasteiger partial charge in [-0.05, 0) is 25.0 Å². The average Bonchev–Trinajstić information content (AvgIpc) is 3.09. The van der Waals surface area contributed by atoms with Crippen LogP contribution in [-0.4, -0.2) is 35.2 Å². The molecule has 2 heterocycles. The average molecular weight is 298 g/mol. The van der Waals surface area contributed by atoms with Gasteiger partial charge >= 0.3 is 0 Å². The molecular weight excluding hydrogens is 280 g/mol. The van der Waals surface area contributed by atoms with E-state index in [1.807, 2.05) is 35.2 Å². The molecule has 0 spiro atoms. The topological polar surface area (TPSA) is 55.6 Å². The molecule has 1 atom stereocenters. The molecule has 2 aromatic rings. The second-order valence-electron chi connectivity index (χ2n) is 5.98. The standard InChI is InChI=1S/C17H18N2O3/c20-17(15-11-21-18-16(15)12-6-7-12)19-9-8-14(10-19)22-13-4-2-1-3-5-13/h1-5,11-12,14H,6-10H2. The van der Waals surface area contributed by atoms with Gasteiger partial charge in [-0.3, -0.25) is 4.79 Å². The van der Waals surface area contributed by atoms with E-state index in [1.165, 1.54) is 6.26 Å². The normalized spacial score (nSPS) is 21.1. The molecule has 1 amide bonds. The molecule has 1 unspecified atom stereocenters. The Balaban J connectivity index is 1.41. The molecule has 1 aromatic heterocycles. The van der Waals surface area contributed by atoms with Crippen molar-refractivity contribution < 1.29 is 14.1 Å². The Morgan fingerprint density at radius 3 is 2.82 bits per heavy atom. The van der Waals surface area contributed by atoms with Crippen LogP contribution in [0.15, 0.2) is 41.1 Å². The van der Waals surface area contributed by atoms with Crippen molar-refractivity contribution in [2.45, 2.75) is 31.3 Å². The zero-order chi connectivity index (χ0) is 14.9. The minimum absolute atomic E-state index is 0.0160. The Kier molecular flexibility index (Phi) is 3.33. The van der Waals surface area contributed by atoms with Crippen LogP contribution in [0.3, 0.4) is 0 Å². The van der Waals surface area contributed by atoms with Gasteiger partial charge in [0.2, 0.25) is 0 Å². The molecule has 0 N–H and O–H groups in total. The Morgan fingerprint density at radius 1 is 1.23 bits per heavy atom. The monoisotopic (exact) mass is 298 g/mol. The molecular formula is C17H18N2O3. The van der Waals surface area contributed by atoms with Crippen LogP contribution in [0.5, 0.6) is 5.75 Å². The van der Waals surface area contributed by atoms with Crippen molar-refractivity contribution in [1.82, 2.24) is 10.1 Å². The van der Waals surface area contributed by atoms with E-state index in [1.54, 1.807) is 0 Å². The van der Waals surface area contributed by atoms with Gasteiger partial charge in [-0.1, -0.05) is 23.4 Å². The second-order valence-corrected chi connectivity index (χ2v) is 5.98. The lowest BCUT2D eigenvalue weighted by atomic mass is 10.1. The van der Waals surface area contributed by atoms with E-state index in [9.17, 15) is 4.79 Å². The molecule has 2 fully saturated rings. The van der Waals surface area contributed by atoms with Crippen molar-refractivity contribution >= 4 is 5.91 Å². The van der Waals surface area contributed by atoms with Gasteiger partial charge in [0.1, 0.15) is 23.7 Å². The number of carbonyl (C=O) groups excluding carboxylic acids is 1. The van der Waals surface area contributed by atoms with Crippen molar-refractivity contribution in [2.24, 2.45) is 0 Å². The van der Waals surface area contributed by atoms with E-state index < -0.39 is 0 Å². The number of para-hydroxylation sites is 1. The number of aromatic nitrogens is 1. The number of hydrogen-bond donors (Lipinski definition) is 0. The van der Waals surface area contributed by atoms with Gasteiger partial charge in [-0.15, -0.1) is 0 Å². The van der Waals surface area contributed by atoms with Gasteiger partial charge in [0.15, 0.2) is 0 Å². The fourth-order valence-corrected chi connectivity index (χ4v) is 2.93. The van der Waals surface area contributed by atoms with E-state index >= 15 is 0 Å². The summed E-state index contributed by atoms with van der Waals surface area (Å²) in [5.74, 6) is 1.28. The minimum Gasteiger partial charge on any atom is -0.489 e. The Morgan fingerprint density at radius 2 is 2.05 bits per heavy atom. The van der Waals surface area contributed by atoms with E-state index in [4.69, 9.17) is 9.26 Å². The molecule has 1 saturated heterocycles. The van der Waals surface area contributed by atoms with Crippen molar-refractivity contribution in [3.05, 3.63) is 47.9 Å². The highest BCUT2D eigenvalue weighted by Crippen LogP contribution is 2.41. The number of carbonyl (C=O) groups is 1. The van der Waals surface area contributed by atoms with E-state index in [2.05, 4.69) is 5.16 Å². The third kappa shape index (κ3) is 2.58. The molecule has 1 saturated carbocycles. The largest absolute Gasteiger partial charge is 0.489 e. The zero-order valence-electron chi connectivity index (χ0n) is 12.3. The minimum atomic E-state index is 0.0160. The first kappa shape index (κ1) is 13.4. The molecule has 114 valence electrons. The van der Waals surface area contributed by atoms with Gasteiger partial charge in [-0.2, -0.15) is 0 Å². The van der Waals surface area contributed by atoms with Gasteiger partial charge in [0, 0.05) is 18.9 Å². The predicted octanol–water partition coefficient (Wildman–Crippen LogP) is 2.85. The summed E-state index contributed by atoms with van der Waals surface area (Å²) in [6.45, 7) is 1.33. The van der Waals surface area contributed by atoms with Gasteiger partial charge in [0.05, 0.1) is 12.2 Å². The van der Waals surface area contributed by atoms with Gasteiger partial charge in [0.25, 0.3) is 5.91 Å². The van der Waals surface area contributed by atoms with Crippen LogP contribution in [0.4, 0.5) is 0 Å². The Labute approximate surface area is 128 Å². The highest BCUT2D eigenvalue weighted by Gasteiger charge is 2.35. The molecule has 1 aromatic carbocycles. The summed E-state index contributed by atoms with van der Waals surface area (Å²) in [6, 6.07) is 9.74. The number of rotatable bonds is 4. The summed E-state index contributed by atoms with van der Waals surface area (Å²) >= 11 is 0. The third-order valence-electron chi connectivity index (χ3n) is 4.27. The summed E-state index contributed by atoms with van der Waals surface area (Å²) in [7, 11) is 0. The van der Waals surface area contributed by atoms with Crippen LogP contribution < -0.4 is 4.74 Å². The quantitative estimate of drug-likeness (QED) is 0.871. The van der Waals surface area contributed by atoms with Crippen molar-refractivity contribution in [3.63, 3.8) is 0 Å². The van der Waals surface area contributed by atoms with Crippen LogP contribution >= 0.6 is 0 Å². The summed E-state index contributed by atoms with van der Waals surface area (Å²) in [5.41, 5.74) is 1.46. The molecule has 2 aliphatic rings. The van der Waals surface area contributed by atoms with Crippen LogP contribution in [0.25, 0.3) is 0 Å². The predicted molar refractivity (Wildman–Crippen MR) is 79.9 cm³/mol. The number of likely N-dealkylation sites (tertiary alicyclic amines) is 1. The van der Waals surface area contributed by atoms with Gasteiger partial charge < -0.3 is 14.2 Å². The Bertz CT molecular complexity index is 664. The first-order chi connectivity index (χ1) is 10.8. The number of ether oxygens (including phenoxy) is 1. The molecule has 0 radical (unpaired) electrons. The number of nitrogens with zero attached hydrogens (tertiary/aromatic N) is 2. The molecule has 0 bridgehead atoms. The van der Waals surface area contributed by atoms with E-state index in [0.717, 1.165) is 30.7 Å². The SMILES string of the molecule is O=C(c1conc1C1CC1)N1CCC(Oc2ccccc2)C1. The molecule has 22 heavy (non-hydrogen) atoms. The lowest BCUT2D eigenvalue weighted by Gasteiger charge is -2.17. The lowest BCUT2D eigenvalue weighted by molar-refractivity contribution is 0.0770. The second kappa shape index (κ2) is 5.48. The lowest BCUT2D eigenvalue weighted by Crippen LogP contribution is -2.31.